The van der Waals surface area contributed by atoms with E-state index in [-0.39, 0.29) is 6.61 Å². The lowest BCUT2D eigenvalue weighted by Gasteiger charge is -2.37. The Hall–Kier alpha value is -1.97. The average Bonchev–Trinajstić information content (AvgIpc) is 2.35. The van der Waals surface area contributed by atoms with E-state index in [4.69, 9.17) is 24.5 Å². The Kier molecular flexibility index (Phi) is 7.71. The van der Waals surface area contributed by atoms with Crippen LogP contribution >= 0.6 is 0 Å². The number of nitrogens with zero attached hydrogens (tertiary/aromatic N) is 2. The van der Waals surface area contributed by atoms with Gasteiger partial charge in [-0.25, -0.2) is 23.2 Å². The molecule has 0 saturated carbocycles. The van der Waals surface area contributed by atoms with Gasteiger partial charge in [-0.3, -0.25) is 4.90 Å². The van der Waals surface area contributed by atoms with Gasteiger partial charge in [0.15, 0.2) is 0 Å². The standard InChI is InChI=1S/C10H18F2N2O2.C2H2O4/c1-8(13(2)3)4-5-16-9(15)14-6-10(11,12)7-14;3-1(4)2(5)6/h8H,4-7H2,1-3H3;(H,3,4)(H,5,6). The number of ether oxygens (including phenoxy) is 1. The smallest absolute Gasteiger partial charge is 0.414 e. The highest BCUT2D eigenvalue weighted by Gasteiger charge is 2.47. The molecule has 8 nitrogen and oxygen atoms in total. The van der Waals surface area contributed by atoms with E-state index in [1.165, 1.54) is 0 Å². The molecule has 0 aromatic rings. The molecule has 0 spiro atoms. The molecule has 1 rings (SSSR count). The quantitative estimate of drug-likeness (QED) is 0.727. The van der Waals surface area contributed by atoms with Crippen molar-refractivity contribution in [3.63, 3.8) is 0 Å². The van der Waals surface area contributed by atoms with E-state index in [2.05, 4.69) is 0 Å². The van der Waals surface area contributed by atoms with Crippen molar-refractivity contribution < 1.29 is 38.1 Å². The highest BCUT2D eigenvalue weighted by atomic mass is 19.3. The van der Waals surface area contributed by atoms with E-state index in [1.807, 2.05) is 25.9 Å². The summed E-state index contributed by atoms with van der Waals surface area (Å²) in [7, 11) is 3.87. The van der Waals surface area contributed by atoms with Crippen LogP contribution in [-0.2, 0) is 14.3 Å². The zero-order valence-corrected chi connectivity index (χ0v) is 12.6. The van der Waals surface area contributed by atoms with Crippen LogP contribution in [0.3, 0.4) is 0 Å². The minimum atomic E-state index is -2.73. The Morgan fingerprint density at radius 2 is 1.68 bits per heavy atom. The van der Waals surface area contributed by atoms with Crippen molar-refractivity contribution in [2.75, 3.05) is 33.8 Å². The first-order valence-corrected chi connectivity index (χ1v) is 6.38. The zero-order chi connectivity index (χ0) is 17.5. The number of rotatable bonds is 4. The third-order valence-electron chi connectivity index (χ3n) is 2.93. The van der Waals surface area contributed by atoms with Gasteiger partial charge in [-0.2, -0.15) is 0 Å². The first-order chi connectivity index (χ1) is 9.96. The summed E-state index contributed by atoms with van der Waals surface area (Å²) in [6.07, 6.45) is 0.0556. The summed E-state index contributed by atoms with van der Waals surface area (Å²) in [4.78, 5) is 32.4. The summed E-state index contributed by atoms with van der Waals surface area (Å²) < 4.78 is 29.8. The van der Waals surface area contributed by atoms with Gasteiger partial charge in [0.25, 0.3) is 5.92 Å². The number of hydrogen-bond donors (Lipinski definition) is 2. The predicted molar refractivity (Wildman–Crippen MR) is 70.9 cm³/mol. The van der Waals surface area contributed by atoms with Crippen LogP contribution in [0.15, 0.2) is 0 Å². The molecule has 1 saturated heterocycles. The number of carbonyl (C=O) groups is 3. The Labute approximate surface area is 126 Å². The fraction of sp³-hybridized carbons (Fsp3) is 0.750. The fourth-order valence-corrected chi connectivity index (χ4v) is 1.31. The number of carboxylic acid groups (broad SMARTS) is 2. The lowest BCUT2D eigenvalue weighted by atomic mass is 10.2. The molecular weight excluding hydrogens is 306 g/mol. The summed E-state index contributed by atoms with van der Waals surface area (Å²) in [5.74, 6) is -6.37. The van der Waals surface area contributed by atoms with Crippen molar-refractivity contribution in [2.24, 2.45) is 0 Å². The molecule has 0 aliphatic carbocycles. The Bertz CT molecular complexity index is 396. The maximum Gasteiger partial charge on any atom is 0.414 e. The SMILES string of the molecule is CC(CCOC(=O)N1CC(F)(F)C1)N(C)C.O=C(O)C(=O)O. The van der Waals surface area contributed by atoms with Gasteiger partial charge in [-0.15, -0.1) is 0 Å². The summed E-state index contributed by atoms with van der Waals surface area (Å²) in [5.41, 5.74) is 0. The molecule has 128 valence electrons. The minimum Gasteiger partial charge on any atom is -0.473 e. The minimum absolute atomic E-state index is 0.264. The summed E-state index contributed by atoms with van der Waals surface area (Å²) in [6, 6.07) is 0.297. The van der Waals surface area contributed by atoms with Crippen molar-refractivity contribution >= 4 is 18.0 Å². The molecule has 1 unspecified atom stereocenters. The van der Waals surface area contributed by atoms with Gasteiger partial charge in [-0.05, 0) is 27.4 Å². The number of alkyl halides is 2. The van der Waals surface area contributed by atoms with Gasteiger partial charge in [0, 0.05) is 6.04 Å². The average molecular weight is 326 g/mol. The molecule has 22 heavy (non-hydrogen) atoms. The molecule has 10 heteroatoms. The van der Waals surface area contributed by atoms with E-state index in [1.54, 1.807) is 0 Å². The molecule has 0 aromatic heterocycles. The summed E-state index contributed by atoms with van der Waals surface area (Å²) in [5, 5.41) is 14.8. The number of carbonyl (C=O) groups excluding carboxylic acids is 1. The molecule has 1 aliphatic heterocycles. The largest absolute Gasteiger partial charge is 0.473 e. The molecule has 1 aliphatic rings. The number of amides is 1. The third kappa shape index (κ3) is 7.72. The van der Waals surface area contributed by atoms with Crippen molar-refractivity contribution in [3.8, 4) is 0 Å². The van der Waals surface area contributed by atoms with Gasteiger partial charge in [0.05, 0.1) is 19.7 Å². The number of halogens is 2. The second-order valence-corrected chi connectivity index (χ2v) is 5.04. The molecule has 1 amide bonds. The van der Waals surface area contributed by atoms with Crippen LogP contribution in [-0.4, -0.2) is 83.8 Å². The molecule has 0 radical (unpaired) electrons. The molecular formula is C12H20F2N2O6. The van der Waals surface area contributed by atoms with Gasteiger partial charge in [0.2, 0.25) is 0 Å². The highest BCUT2D eigenvalue weighted by Crippen LogP contribution is 2.26. The van der Waals surface area contributed by atoms with Crippen molar-refractivity contribution in [1.82, 2.24) is 9.80 Å². The second-order valence-electron chi connectivity index (χ2n) is 5.04. The fourth-order valence-electron chi connectivity index (χ4n) is 1.31. The van der Waals surface area contributed by atoms with Gasteiger partial charge in [0.1, 0.15) is 0 Å². The monoisotopic (exact) mass is 326 g/mol. The Balaban J connectivity index is 0.000000626. The molecule has 1 heterocycles. The highest BCUT2D eigenvalue weighted by molar-refractivity contribution is 6.27. The summed E-state index contributed by atoms with van der Waals surface area (Å²) in [6.45, 7) is 1.23. The normalized spacial score (nSPS) is 16.9. The topological polar surface area (TPSA) is 107 Å². The lowest BCUT2D eigenvalue weighted by molar-refractivity contribution is -0.159. The molecule has 0 aromatic carbocycles. The summed E-state index contributed by atoms with van der Waals surface area (Å²) >= 11 is 0. The van der Waals surface area contributed by atoms with E-state index >= 15 is 0 Å². The van der Waals surface area contributed by atoms with Crippen LogP contribution in [0, 0.1) is 0 Å². The number of carboxylic acids is 2. The van der Waals surface area contributed by atoms with Crippen LogP contribution in [0.1, 0.15) is 13.3 Å². The van der Waals surface area contributed by atoms with E-state index < -0.39 is 37.0 Å². The van der Waals surface area contributed by atoms with Crippen LogP contribution in [0.2, 0.25) is 0 Å². The third-order valence-corrected chi connectivity index (χ3v) is 2.93. The maximum atomic E-state index is 12.4. The molecule has 2 N–H and O–H groups in total. The van der Waals surface area contributed by atoms with E-state index in [0.29, 0.717) is 12.5 Å². The first kappa shape index (κ1) is 20.0. The van der Waals surface area contributed by atoms with Gasteiger partial charge in [-0.1, -0.05) is 0 Å². The zero-order valence-electron chi connectivity index (χ0n) is 12.6. The van der Waals surface area contributed by atoms with Crippen molar-refractivity contribution in [1.29, 1.82) is 0 Å². The maximum absolute atomic E-state index is 12.4. The second kappa shape index (κ2) is 8.47. The van der Waals surface area contributed by atoms with Gasteiger partial charge >= 0.3 is 18.0 Å². The van der Waals surface area contributed by atoms with Crippen LogP contribution in [0.4, 0.5) is 13.6 Å². The predicted octanol–water partition coefficient (Wildman–Crippen LogP) is 0.570. The van der Waals surface area contributed by atoms with Gasteiger partial charge < -0.3 is 19.8 Å². The van der Waals surface area contributed by atoms with E-state index in [9.17, 15) is 13.6 Å². The van der Waals surface area contributed by atoms with Crippen LogP contribution in [0.25, 0.3) is 0 Å². The van der Waals surface area contributed by atoms with Crippen LogP contribution in [0.5, 0.6) is 0 Å². The van der Waals surface area contributed by atoms with E-state index in [0.717, 1.165) is 4.90 Å². The lowest BCUT2D eigenvalue weighted by Crippen LogP contribution is -2.58. The van der Waals surface area contributed by atoms with Crippen LogP contribution < -0.4 is 0 Å². The number of hydrogen-bond acceptors (Lipinski definition) is 5. The first-order valence-electron chi connectivity index (χ1n) is 6.38. The molecule has 1 fully saturated rings. The Morgan fingerprint density at radius 1 is 1.23 bits per heavy atom. The Morgan fingerprint density at radius 3 is 2.00 bits per heavy atom. The molecule has 1 atom stereocenters. The number of likely N-dealkylation sites (tertiary alicyclic amines) is 1. The number of aliphatic carboxylic acids is 2. The van der Waals surface area contributed by atoms with Crippen molar-refractivity contribution in [3.05, 3.63) is 0 Å². The molecule has 0 bridgehead atoms. The van der Waals surface area contributed by atoms with Crippen molar-refractivity contribution in [2.45, 2.75) is 25.3 Å².